The maximum atomic E-state index is 14.2. The number of rotatable bonds is 13. The van der Waals surface area contributed by atoms with E-state index in [1.807, 2.05) is 0 Å². The summed E-state index contributed by atoms with van der Waals surface area (Å²) >= 11 is 0. The molecule has 1 saturated heterocycles. The van der Waals surface area contributed by atoms with Crippen molar-refractivity contribution in [3.05, 3.63) is 33.1 Å². The van der Waals surface area contributed by atoms with Crippen LogP contribution in [0.1, 0.15) is 47.3 Å². The number of hydrogen-bond donors (Lipinski definition) is 1. The molecule has 1 aromatic heterocycles. The average Bonchev–Trinajstić information content (AvgIpc) is 3.13. The molecule has 1 aromatic rings. The number of H-pyrrole nitrogens is 1. The van der Waals surface area contributed by atoms with Gasteiger partial charge in [-0.15, -0.1) is 0 Å². The quantitative estimate of drug-likeness (QED) is 0.208. The molecule has 1 N–H and O–H groups in total. The Bertz CT molecular complexity index is 1080. The number of aromatic amines is 1. The van der Waals surface area contributed by atoms with E-state index in [-0.39, 0.29) is 6.42 Å². The summed E-state index contributed by atoms with van der Waals surface area (Å²) in [6.07, 6.45) is -3.05. The molecule has 0 amide bonds. The molecule has 38 heavy (non-hydrogen) atoms. The number of carbonyl (C=O) groups excluding carboxylic acids is 2. The van der Waals surface area contributed by atoms with Crippen molar-refractivity contribution >= 4 is 20.1 Å². The molecule has 0 radical (unpaired) electrons. The first-order chi connectivity index (χ1) is 17.8. The van der Waals surface area contributed by atoms with Crippen molar-refractivity contribution in [3.63, 3.8) is 0 Å². The van der Waals surface area contributed by atoms with Crippen LogP contribution in [-0.2, 0) is 41.8 Å². The van der Waals surface area contributed by atoms with Gasteiger partial charge < -0.3 is 23.7 Å². The van der Waals surface area contributed by atoms with Gasteiger partial charge in [0.05, 0.1) is 18.8 Å². The van der Waals surface area contributed by atoms with E-state index in [0.717, 1.165) is 10.6 Å². The van der Waals surface area contributed by atoms with E-state index in [4.69, 9.17) is 27.8 Å². The lowest BCUT2D eigenvalue weighted by atomic mass is 9.96. The van der Waals surface area contributed by atoms with Gasteiger partial charge in [-0.05, 0) is 34.1 Å². The van der Waals surface area contributed by atoms with Gasteiger partial charge in [0.2, 0.25) is 13.6 Å². The van der Waals surface area contributed by atoms with Crippen LogP contribution in [0.25, 0.3) is 0 Å². The van der Waals surface area contributed by atoms with E-state index >= 15 is 0 Å². The van der Waals surface area contributed by atoms with Crippen LogP contribution >= 0.6 is 7.82 Å². The highest BCUT2D eigenvalue weighted by Crippen LogP contribution is 2.52. The third-order valence-corrected chi connectivity index (χ3v) is 6.13. The number of nitrogens with one attached hydrogen (secondary N) is 1. The number of phosphoric ester groups is 1. The molecule has 17 heteroatoms. The van der Waals surface area contributed by atoms with Gasteiger partial charge >= 0.3 is 25.8 Å². The fourth-order valence-corrected chi connectivity index (χ4v) is 4.30. The summed E-state index contributed by atoms with van der Waals surface area (Å²) in [6.45, 7) is 4.23. The second-order valence-corrected chi connectivity index (χ2v) is 10.5. The van der Waals surface area contributed by atoms with E-state index in [1.54, 1.807) is 34.6 Å². The Hall–Kier alpha value is -2.78. The Morgan fingerprint density at radius 2 is 1.66 bits per heavy atom. The smallest absolute Gasteiger partial charge is 0.432 e. The summed E-state index contributed by atoms with van der Waals surface area (Å²) in [5.41, 5.74) is -3.08. The van der Waals surface area contributed by atoms with Crippen molar-refractivity contribution in [1.82, 2.24) is 9.55 Å². The predicted octanol–water partition coefficient (Wildman–Crippen LogP) is 3.00. The normalized spacial score (nSPS) is 21.5. The fraction of sp³-hybridized carbons (Fsp3) is 0.714. The number of alkyl halides is 1. The van der Waals surface area contributed by atoms with Crippen LogP contribution in [-0.4, -0.2) is 66.5 Å². The highest BCUT2D eigenvalue weighted by atomic mass is 31.2. The summed E-state index contributed by atoms with van der Waals surface area (Å²) in [5.74, 6) is -0.442. The molecule has 216 valence electrons. The number of ether oxygens (including phenoxy) is 5. The summed E-state index contributed by atoms with van der Waals surface area (Å²) in [4.78, 5) is 48.8. The van der Waals surface area contributed by atoms with Crippen LogP contribution in [0.3, 0.4) is 0 Å². The number of aromatic nitrogens is 2. The Morgan fingerprint density at radius 1 is 1.11 bits per heavy atom. The van der Waals surface area contributed by atoms with Crippen molar-refractivity contribution in [2.45, 2.75) is 65.1 Å². The molecule has 0 unspecified atom stereocenters. The lowest BCUT2D eigenvalue weighted by molar-refractivity contribution is -0.117. The monoisotopic (exact) mass is 570 g/mol. The minimum atomic E-state index is -4.66. The second-order valence-electron chi connectivity index (χ2n) is 8.86. The number of nitrogens with zero attached hydrogens (tertiary/aromatic N) is 1. The molecule has 0 bridgehead atoms. The molecule has 15 nitrogen and oxygen atoms in total. The third-order valence-electron chi connectivity index (χ3n) is 4.85. The fourth-order valence-electron chi connectivity index (χ4n) is 3.32. The summed E-state index contributed by atoms with van der Waals surface area (Å²) in [5, 5.41) is 0. The molecule has 2 rings (SSSR count). The van der Waals surface area contributed by atoms with Gasteiger partial charge in [-0.3, -0.25) is 18.9 Å². The second kappa shape index (κ2) is 13.8. The van der Waals surface area contributed by atoms with E-state index < -0.39 is 88.2 Å². The van der Waals surface area contributed by atoms with Crippen LogP contribution in [0.15, 0.2) is 21.9 Å². The molecule has 1 aliphatic heterocycles. The van der Waals surface area contributed by atoms with Crippen LogP contribution in [0.5, 0.6) is 0 Å². The molecule has 2 heterocycles. The van der Waals surface area contributed by atoms with E-state index in [1.165, 1.54) is 6.20 Å². The van der Waals surface area contributed by atoms with Crippen molar-refractivity contribution in [2.75, 3.05) is 26.9 Å². The molecule has 0 saturated carbocycles. The van der Waals surface area contributed by atoms with Gasteiger partial charge in [0.25, 0.3) is 5.56 Å². The van der Waals surface area contributed by atoms with Crippen molar-refractivity contribution < 1.29 is 55.8 Å². The maximum absolute atomic E-state index is 14.2. The summed E-state index contributed by atoms with van der Waals surface area (Å²) in [6, 6.07) is 1.11. The van der Waals surface area contributed by atoms with E-state index in [0.29, 0.717) is 0 Å². The van der Waals surface area contributed by atoms with Crippen molar-refractivity contribution in [1.29, 1.82) is 0 Å². The van der Waals surface area contributed by atoms with Crippen molar-refractivity contribution in [3.8, 4) is 0 Å². The van der Waals surface area contributed by atoms with Gasteiger partial charge in [-0.1, -0.05) is 6.92 Å². The first kappa shape index (κ1) is 31.4. The highest BCUT2D eigenvalue weighted by Gasteiger charge is 2.48. The van der Waals surface area contributed by atoms with Gasteiger partial charge in [0.1, 0.15) is 18.5 Å². The van der Waals surface area contributed by atoms with Gasteiger partial charge in [-0.2, -0.15) is 0 Å². The Balaban J connectivity index is 2.10. The molecule has 1 aliphatic rings. The molecule has 1 fully saturated rings. The SMILES string of the molecule is CC(C)OC(=O)OCOP(=O)(OCOC(=O)OC(C)C)OC[C@]1(CF)C[C@H](C)[C@H](n2ccc(=O)[nH]c2=O)O1. The first-order valence-electron chi connectivity index (χ1n) is 11.5. The lowest BCUT2D eigenvalue weighted by Gasteiger charge is -2.28. The summed E-state index contributed by atoms with van der Waals surface area (Å²) in [7, 11) is -4.66. The highest BCUT2D eigenvalue weighted by molar-refractivity contribution is 7.48. The molecule has 0 aliphatic carbocycles. The van der Waals surface area contributed by atoms with Gasteiger partial charge in [0, 0.05) is 18.2 Å². The largest absolute Gasteiger partial charge is 0.510 e. The average molecular weight is 570 g/mol. The van der Waals surface area contributed by atoms with Crippen LogP contribution in [0.4, 0.5) is 14.0 Å². The molecule has 0 spiro atoms. The molecular formula is C21H32FN2O13P. The molecular weight excluding hydrogens is 538 g/mol. The van der Waals surface area contributed by atoms with Gasteiger partial charge in [-0.25, -0.2) is 32.4 Å². The maximum Gasteiger partial charge on any atom is 0.510 e. The lowest BCUT2D eigenvalue weighted by Crippen LogP contribution is -2.38. The number of hydrogen-bond acceptors (Lipinski definition) is 13. The zero-order valence-corrected chi connectivity index (χ0v) is 22.5. The van der Waals surface area contributed by atoms with Crippen LogP contribution < -0.4 is 11.2 Å². The third kappa shape index (κ3) is 9.51. The van der Waals surface area contributed by atoms with Crippen LogP contribution in [0, 0.1) is 5.92 Å². The number of phosphoric acid groups is 1. The Labute approximate surface area is 217 Å². The van der Waals surface area contributed by atoms with E-state index in [2.05, 4.69) is 14.5 Å². The topological polar surface area (TPSA) is 180 Å². The molecule has 0 aromatic carbocycles. The zero-order chi connectivity index (χ0) is 28.5. The van der Waals surface area contributed by atoms with Crippen LogP contribution in [0.2, 0.25) is 0 Å². The zero-order valence-electron chi connectivity index (χ0n) is 21.6. The first-order valence-corrected chi connectivity index (χ1v) is 13.0. The molecule has 3 atom stereocenters. The Morgan fingerprint density at radius 3 is 2.13 bits per heavy atom. The standard InChI is InChI=1S/C21H32FN2O13P/c1-13(2)35-19(27)30-11-33-38(29,34-12-31-20(28)36-14(3)4)32-10-21(9-22)8-15(5)17(37-21)24-7-6-16(25)23-18(24)26/h6-7,13-15,17H,8-12H2,1-5H3,(H,23,25,26)/t15-,17+,21+/m0/s1. The summed E-state index contributed by atoms with van der Waals surface area (Å²) < 4.78 is 68.2. The number of carbonyl (C=O) groups is 2. The minimum Gasteiger partial charge on any atom is -0.432 e. The van der Waals surface area contributed by atoms with E-state index in [9.17, 15) is 28.1 Å². The van der Waals surface area contributed by atoms with Crippen molar-refractivity contribution in [2.24, 2.45) is 5.92 Å². The van der Waals surface area contributed by atoms with Gasteiger partial charge in [0.15, 0.2) is 0 Å². The predicted molar refractivity (Wildman–Crippen MR) is 125 cm³/mol. The Kier molecular flexibility index (Phi) is 11.5. The minimum absolute atomic E-state index is 0.00810. The number of halogens is 1.